The molecule has 5 heteroatoms. The Bertz CT molecular complexity index is 616. The molecule has 0 aliphatic carbocycles. The lowest BCUT2D eigenvalue weighted by atomic mass is 10.2. The Hall–Kier alpha value is -1.78. The summed E-state index contributed by atoms with van der Waals surface area (Å²) >= 11 is 11.3. The number of nitrogens with one attached hydrogen (secondary N) is 2. The molecule has 0 heterocycles. The van der Waals surface area contributed by atoms with E-state index in [9.17, 15) is 5.11 Å². The van der Waals surface area contributed by atoms with Gasteiger partial charge >= 0.3 is 0 Å². The van der Waals surface area contributed by atoms with Crippen LogP contribution < -0.4 is 10.6 Å². The van der Waals surface area contributed by atoms with Gasteiger partial charge in [-0.05, 0) is 49.0 Å². The van der Waals surface area contributed by atoms with Crippen LogP contribution in [0, 0.1) is 6.92 Å². The zero-order valence-corrected chi connectivity index (χ0v) is 11.8. The standard InChI is InChI=1S/C14H13ClN2OS/c1-9-12(15)6-3-7-13(9)17-14(19)16-10-4-2-5-11(18)8-10/h2-8,18H,1H3,(H2,16,17,19). The van der Waals surface area contributed by atoms with E-state index >= 15 is 0 Å². The Morgan fingerprint density at radius 2 is 1.89 bits per heavy atom. The summed E-state index contributed by atoms with van der Waals surface area (Å²) in [5, 5.41) is 16.6. The van der Waals surface area contributed by atoms with E-state index in [2.05, 4.69) is 10.6 Å². The van der Waals surface area contributed by atoms with Gasteiger partial charge in [0.2, 0.25) is 0 Å². The predicted molar refractivity (Wildman–Crippen MR) is 84.1 cm³/mol. The lowest BCUT2D eigenvalue weighted by molar-refractivity contribution is 0.475. The summed E-state index contributed by atoms with van der Waals surface area (Å²) < 4.78 is 0. The first-order valence-corrected chi connectivity index (χ1v) is 6.47. The van der Waals surface area contributed by atoms with Crippen LogP contribution in [0.25, 0.3) is 0 Å². The maximum absolute atomic E-state index is 9.38. The van der Waals surface area contributed by atoms with E-state index < -0.39 is 0 Å². The summed E-state index contributed by atoms with van der Waals surface area (Å²) in [6.07, 6.45) is 0. The maximum Gasteiger partial charge on any atom is 0.175 e. The molecule has 0 aliphatic rings. The molecule has 0 radical (unpaired) electrons. The molecule has 2 rings (SSSR count). The normalized spacial score (nSPS) is 10.0. The molecule has 19 heavy (non-hydrogen) atoms. The first-order valence-electron chi connectivity index (χ1n) is 5.68. The van der Waals surface area contributed by atoms with Crippen LogP contribution in [0.3, 0.4) is 0 Å². The molecule has 0 saturated carbocycles. The van der Waals surface area contributed by atoms with Crippen LogP contribution in [0.15, 0.2) is 42.5 Å². The number of hydrogen-bond acceptors (Lipinski definition) is 2. The fraction of sp³-hybridized carbons (Fsp3) is 0.0714. The first kappa shape index (κ1) is 13.6. The summed E-state index contributed by atoms with van der Waals surface area (Å²) in [4.78, 5) is 0. The monoisotopic (exact) mass is 292 g/mol. The summed E-state index contributed by atoms with van der Waals surface area (Å²) in [6, 6.07) is 12.3. The molecule has 0 amide bonds. The van der Waals surface area contributed by atoms with Crippen LogP contribution in [-0.4, -0.2) is 10.2 Å². The highest BCUT2D eigenvalue weighted by atomic mass is 35.5. The van der Waals surface area contributed by atoms with E-state index in [1.165, 1.54) is 0 Å². The van der Waals surface area contributed by atoms with Crippen molar-refractivity contribution in [2.75, 3.05) is 10.6 Å². The Morgan fingerprint density at radius 1 is 1.16 bits per heavy atom. The van der Waals surface area contributed by atoms with Crippen molar-refractivity contribution in [1.29, 1.82) is 0 Å². The second-order valence-electron chi connectivity index (χ2n) is 4.04. The summed E-state index contributed by atoms with van der Waals surface area (Å²) in [5.41, 5.74) is 2.51. The molecule has 0 saturated heterocycles. The SMILES string of the molecule is Cc1c(Cl)cccc1NC(=S)Nc1cccc(O)c1. The Balaban J connectivity index is 2.08. The van der Waals surface area contributed by atoms with Crippen molar-refractivity contribution in [2.24, 2.45) is 0 Å². The second-order valence-corrected chi connectivity index (χ2v) is 4.86. The van der Waals surface area contributed by atoms with Crippen molar-refractivity contribution in [3.8, 4) is 5.75 Å². The van der Waals surface area contributed by atoms with Crippen LogP contribution in [0.1, 0.15) is 5.56 Å². The second kappa shape index (κ2) is 5.91. The van der Waals surface area contributed by atoms with E-state index in [0.29, 0.717) is 10.1 Å². The fourth-order valence-electron chi connectivity index (χ4n) is 1.61. The molecule has 2 aromatic carbocycles. The molecule has 0 spiro atoms. The van der Waals surface area contributed by atoms with Gasteiger partial charge in [0.05, 0.1) is 0 Å². The minimum atomic E-state index is 0.187. The topological polar surface area (TPSA) is 44.3 Å². The quantitative estimate of drug-likeness (QED) is 0.727. The number of aromatic hydroxyl groups is 1. The Kier molecular flexibility index (Phi) is 4.24. The van der Waals surface area contributed by atoms with Gasteiger partial charge in [-0.15, -0.1) is 0 Å². The van der Waals surface area contributed by atoms with Crippen LogP contribution in [0.2, 0.25) is 5.02 Å². The molecule has 3 nitrogen and oxygen atoms in total. The van der Waals surface area contributed by atoms with E-state index in [1.54, 1.807) is 18.2 Å². The smallest absolute Gasteiger partial charge is 0.175 e. The number of phenolic OH excluding ortho intramolecular Hbond substituents is 1. The highest BCUT2D eigenvalue weighted by Gasteiger charge is 2.04. The lowest BCUT2D eigenvalue weighted by Gasteiger charge is -2.13. The van der Waals surface area contributed by atoms with Gasteiger partial charge in [-0.25, -0.2) is 0 Å². The lowest BCUT2D eigenvalue weighted by Crippen LogP contribution is -2.19. The zero-order chi connectivity index (χ0) is 13.8. The van der Waals surface area contributed by atoms with Crippen molar-refractivity contribution < 1.29 is 5.11 Å². The van der Waals surface area contributed by atoms with Crippen molar-refractivity contribution in [3.05, 3.63) is 53.1 Å². The summed E-state index contributed by atoms with van der Waals surface area (Å²) in [6.45, 7) is 1.92. The van der Waals surface area contributed by atoms with Crippen molar-refractivity contribution in [1.82, 2.24) is 0 Å². The number of benzene rings is 2. The van der Waals surface area contributed by atoms with Gasteiger partial charge in [-0.2, -0.15) is 0 Å². The molecule has 98 valence electrons. The van der Waals surface area contributed by atoms with Gasteiger partial charge in [0.25, 0.3) is 0 Å². The zero-order valence-electron chi connectivity index (χ0n) is 10.3. The maximum atomic E-state index is 9.38. The van der Waals surface area contributed by atoms with Crippen molar-refractivity contribution in [2.45, 2.75) is 6.92 Å². The first-order chi connectivity index (χ1) is 9.06. The third-order valence-electron chi connectivity index (χ3n) is 2.62. The van der Waals surface area contributed by atoms with Crippen molar-refractivity contribution >= 4 is 40.3 Å². The summed E-state index contributed by atoms with van der Waals surface area (Å²) in [5.74, 6) is 0.187. The van der Waals surface area contributed by atoms with Gasteiger partial charge in [0, 0.05) is 22.5 Å². The fourth-order valence-corrected chi connectivity index (χ4v) is 2.01. The van der Waals surface area contributed by atoms with Gasteiger partial charge in [0.1, 0.15) is 5.75 Å². The van der Waals surface area contributed by atoms with Crippen LogP contribution >= 0.6 is 23.8 Å². The molecule has 2 aromatic rings. The third-order valence-corrected chi connectivity index (χ3v) is 3.23. The summed E-state index contributed by atoms with van der Waals surface area (Å²) in [7, 11) is 0. The van der Waals surface area contributed by atoms with E-state index in [0.717, 1.165) is 16.9 Å². The van der Waals surface area contributed by atoms with Crippen LogP contribution in [-0.2, 0) is 0 Å². The Labute approximate surface area is 122 Å². The average Bonchev–Trinajstić information content (AvgIpc) is 2.35. The largest absolute Gasteiger partial charge is 0.508 e. The highest BCUT2D eigenvalue weighted by Crippen LogP contribution is 2.23. The Morgan fingerprint density at radius 3 is 2.63 bits per heavy atom. The number of thiocarbonyl (C=S) groups is 1. The molecule has 0 aromatic heterocycles. The number of halogens is 1. The molecule has 0 unspecified atom stereocenters. The van der Waals surface area contributed by atoms with Gasteiger partial charge in [0.15, 0.2) is 5.11 Å². The molecule has 3 N–H and O–H groups in total. The van der Waals surface area contributed by atoms with Gasteiger partial charge in [-0.3, -0.25) is 0 Å². The van der Waals surface area contributed by atoms with E-state index in [4.69, 9.17) is 23.8 Å². The van der Waals surface area contributed by atoms with Crippen molar-refractivity contribution in [3.63, 3.8) is 0 Å². The minimum absolute atomic E-state index is 0.187. The van der Waals surface area contributed by atoms with E-state index in [-0.39, 0.29) is 5.75 Å². The number of anilines is 2. The molecule has 0 fully saturated rings. The van der Waals surface area contributed by atoms with Crippen LogP contribution in [0.5, 0.6) is 5.75 Å². The minimum Gasteiger partial charge on any atom is -0.508 e. The third kappa shape index (κ3) is 3.59. The molecule has 0 bridgehead atoms. The highest BCUT2D eigenvalue weighted by molar-refractivity contribution is 7.80. The van der Waals surface area contributed by atoms with E-state index in [1.807, 2.05) is 31.2 Å². The van der Waals surface area contributed by atoms with Gasteiger partial charge in [-0.1, -0.05) is 23.7 Å². The molecular weight excluding hydrogens is 280 g/mol. The van der Waals surface area contributed by atoms with Gasteiger partial charge < -0.3 is 15.7 Å². The molecular formula is C14H13ClN2OS. The predicted octanol–water partition coefficient (Wildman–Crippen LogP) is 4.16. The van der Waals surface area contributed by atoms with Crippen LogP contribution in [0.4, 0.5) is 11.4 Å². The average molecular weight is 293 g/mol. The number of phenols is 1. The molecule has 0 atom stereocenters. The number of hydrogen-bond donors (Lipinski definition) is 3. The molecule has 0 aliphatic heterocycles. The number of rotatable bonds is 2.